The van der Waals surface area contributed by atoms with Gasteiger partial charge in [-0.2, -0.15) is 13.2 Å². The number of rotatable bonds is 1. The highest BCUT2D eigenvalue weighted by atomic mass is 35.5. The summed E-state index contributed by atoms with van der Waals surface area (Å²) in [4.78, 5) is 0. The number of fused-ring (bicyclic) bond motifs is 3. The monoisotopic (exact) mass is 383 g/mol. The molecule has 0 bridgehead atoms. The second kappa shape index (κ2) is 5.96. The smallest absolute Gasteiger partial charge is 0.376 e. The van der Waals surface area contributed by atoms with E-state index in [9.17, 15) is 13.2 Å². The zero-order valence-electron chi connectivity index (χ0n) is 12.9. The summed E-state index contributed by atoms with van der Waals surface area (Å²) in [5, 5.41) is 3.99. The Morgan fingerprint density at radius 2 is 1.76 bits per heavy atom. The molecule has 0 fully saturated rings. The van der Waals surface area contributed by atoms with Gasteiger partial charge in [-0.15, -0.1) is 0 Å². The molecule has 1 nitrogen and oxygen atoms in total. The maximum atomic E-state index is 13.5. The van der Waals surface area contributed by atoms with Crippen molar-refractivity contribution in [3.8, 4) is 0 Å². The molecular formula is C19H14Cl2F3N. The van der Waals surface area contributed by atoms with Crippen molar-refractivity contribution in [1.82, 2.24) is 0 Å². The normalized spacial score (nSPS) is 24.6. The van der Waals surface area contributed by atoms with Gasteiger partial charge in [-0.05, 0) is 35.6 Å². The van der Waals surface area contributed by atoms with Gasteiger partial charge in [0.05, 0.1) is 27.3 Å². The van der Waals surface area contributed by atoms with Crippen molar-refractivity contribution >= 4 is 28.9 Å². The molecule has 1 aliphatic carbocycles. The highest BCUT2D eigenvalue weighted by Crippen LogP contribution is 2.53. The minimum absolute atomic E-state index is 0.00763. The molecule has 0 saturated carbocycles. The Kier molecular flexibility index (Phi) is 4.00. The molecule has 0 spiro atoms. The zero-order valence-corrected chi connectivity index (χ0v) is 14.5. The summed E-state index contributed by atoms with van der Waals surface area (Å²) in [6, 6.07) is 8.87. The molecule has 6 heteroatoms. The number of nitrogens with one attached hydrogen (secondary N) is 1. The molecule has 2 aromatic carbocycles. The van der Waals surface area contributed by atoms with Crippen molar-refractivity contribution in [3.05, 3.63) is 75.3 Å². The molecule has 2 aliphatic rings. The standard InChI is InChI=1S/C19H14Cl2F3N/c20-15-9-8-12-10-5-3-6-11(10)17(25-18(12)16(15)21)13-4-1-2-7-14(13)19(22,23)24/h1-5,7-11,17,25H,6H2/t10-,11+,17-/m0/s1. The number of hydrogen-bond donors (Lipinski definition) is 1. The Bertz CT molecular complexity index is 860. The summed E-state index contributed by atoms with van der Waals surface area (Å²) in [6.45, 7) is 0. The average Bonchev–Trinajstić information content (AvgIpc) is 3.06. The van der Waals surface area contributed by atoms with E-state index in [0.717, 1.165) is 11.6 Å². The van der Waals surface area contributed by atoms with Gasteiger partial charge in [0.2, 0.25) is 0 Å². The Labute approximate surface area is 153 Å². The minimum atomic E-state index is -4.40. The van der Waals surface area contributed by atoms with Crippen LogP contribution in [0, 0.1) is 5.92 Å². The lowest BCUT2D eigenvalue weighted by atomic mass is 9.76. The molecule has 3 atom stereocenters. The first-order valence-electron chi connectivity index (χ1n) is 7.95. The molecule has 0 amide bonds. The van der Waals surface area contributed by atoms with Gasteiger partial charge in [-0.3, -0.25) is 0 Å². The summed E-state index contributed by atoms with van der Waals surface area (Å²) in [5.41, 5.74) is 1.24. The maximum Gasteiger partial charge on any atom is 0.416 e. The van der Waals surface area contributed by atoms with Crippen LogP contribution in [0.5, 0.6) is 0 Å². The van der Waals surface area contributed by atoms with Gasteiger partial charge in [0.15, 0.2) is 0 Å². The molecule has 130 valence electrons. The van der Waals surface area contributed by atoms with Gasteiger partial charge in [0.1, 0.15) is 0 Å². The molecule has 25 heavy (non-hydrogen) atoms. The van der Waals surface area contributed by atoms with E-state index in [-0.39, 0.29) is 17.4 Å². The lowest BCUT2D eigenvalue weighted by Crippen LogP contribution is -2.31. The summed E-state index contributed by atoms with van der Waals surface area (Å²) in [6.07, 6.45) is 0.391. The summed E-state index contributed by atoms with van der Waals surface area (Å²) in [7, 11) is 0. The second-order valence-corrected chi connectivity index (χ2v) is 7.17. The molecule has 0 saturated heterocycles. The number of halogens is 5. The minimum Gasteiger partial charge on any atom is -0.376 e. The van der Waals surface area contributed by atoms with E-state index in [1.54, 1.807) is 18.2 Å². The van der Waals surface area contributed by atoms with Crippen molar-refractivity contribution in [2.45, 2.75) is 24.6 Å². The van der Waals surface area contributed by atoms with Crippen LogP contribution in [0.3, 0.4) is 0 Å². The van der Waals surface area contributed by atoms with Gasteiger partial charge in [-0.25, -0.2) is 0 Å². The predicted molar refractivity (Wildman–Crippen MR) is 94.3 cm³/mol. The van der Waals surface area contributed by atoms with E-state index in [2.05, 4.69) is 11.4 Å². The Morgan fingerprint density at radius 3 is 2.52 bits per heavy atom. The van der Waals surface area contributed by atoms with Gasteiger partial charge in [-0.1, -0.05) is 59.6 Å². The van der Waals surface area contributed by atoms with Crippen molar-refractivity contribution in [1.29, 1.82) is 0 Å². The van der Waals surface area contributed by atoms with Crippen LogP contribution in [0.15, 0.2) is 48.6 Å². The molecule has 0 unspecified atom stereocenters. The van der Waals surface area contributed by atoms with Crippen LogP contribution in [0.4, 0.5) is 18.9 Å². The second-order valence-electron chi connectivity index (χ2n) is 6.39. The van der Waals surface area contributed by atoms with E-state index < -0.39 is 17.8 Å². The van der Waals surface area contributed by atoms with Crippen molar-refractivity contribution < 1.29 is 13.2 Å². The number of alkyl halides is 3. The topological polar surface area (TPSA) is 12.0 Å². The fourth-order valence-corrected chi connectivity index (χ4v) is 4.32. The van der Waals surface area contributed by atoms with Crippen LogP contribution >= 0.6 is 23.2 Å². The van der Waals surface area contributed by atoms with E-state index in [4.69, 9.17) is 23.2 Å². The molecule has 0 aromatic heterocycles. The van der Waals surface area contributed by atoms with Crippen LogP contribution in [0.2, 0.25) is 10.0 Å². The fourth-order valence-electron chi connectivity index (χ4n) is 3.94. The Hall–Kier alpha value is -1.65. The first-order valence-corrected chi connectivity index (χ1v) is 8.70. The average molecular weight is 384 g/mol. The Morgan fingerprint density at radius 1 is 1.00 bits per heavy atom. The largest absolute Gasteiger partial charge is 0.416 e. The summed E-state index contributed by atoms with van der Waals surface area (Å²) >= 11 is 12.5. The third-order valence-electron chi connectivity index (χ3n) is 5.03. The van der Waals surface area contributed by atoms with Crippen molar-refractivity contribution in [2.24, 2.45) is 5.92 Å². The van der Waals surface area contributed by atoms with Crippen LogP contribution in [0.25, 0.3) is 0 Å². The number of hydrogen-bond acceptors (Lipinski definition) is 1. The number of anilines is 1. The maximum absolute atomic E-state index is 13.5. The van der Waals surface area contributed by atoms with E-state index in [0.29, 0.717) is 22.2 Å². The van der Waals surface area contributed by atoms with Gasteiger partial charge in [0, 0.05) is 5.92 Å². The van der Waals surface area contributed by atoms with E-state index >= 15 is 0 Å². The highest BCUT2D eigenvalue weighted by molar-refractivity contribution is 6.43. The van der Waals surface area contributed by atoms with Gasteiger partial charge in [0.25, 0.3) is 0 Å². The number of benzene rings is 2. The van der Waals surface area contributed by atoms with Crippen LogP contribution < -0.4 is 5.32 Å². The Balaban J connectivity index is 1.87. The molecule has 1 heterocycles. The van der Waals surface area contributed by atoms with Crippen LogP contribution in [-0.2, 0) is 6.18 Å². The van der Waals surface area contributed by atoms with E-state index in [1.165, 1.54) is 6.07 Å². The van der Waals surface area contributed by atoms with E-state index in [1.807, 2.05) is 12.1 Å². The quantitative estimate of drug-likeness (QED) is 0.531. The third kappa shape index (κ3) is 2.72. The van der Waals surface area contributed by atoms with Crippen molar-refractivity contribution in [2.75, 3.05) is 5.32 Å². The highest BCUT2D eigenvalue weighted by Gasteiger charge is 2.43. The fraction of sp³-hybridized carbons (Fsp3) is 0.263. The van der Waals surface area contributed by atoms with Crippen LogP contribution in [-0.4, -0.2) is 0 Å². The summed E-state index contributed by atoms with van der Waals surface area (Å²) < 4.78 is 40.5. The zero-order chi connectivity index (χ0) is 17.8. The van der Waals surface area contributed by atoms with Gasteiger partial charge < -0.3 is 5.32 Å². The predicted octanol–water partition coefficient (Wildman–Crippen LogP) is 6.84. The van der Waals surface area contributed by atoms with Crippen LogP contribution in [0.1, 0.15) is 35.1 Å². The SMILES string of the molecule is FC(F)(F)c1ccccc1[C@H]1Nc2c(ccc(Cl)c2Cl)[C@H]2C=CC[C@H]21. The molecule has 1 N–H and O–H groups in total. The first kappa shape index (κ1) is 16.8. The lowest BCUT2D eigenvalue weighted by Gasteiger charge is -2.39. The lowest BCUT2D eigenvalue weighted by molar-refractivity contribution is -0.138. The summed E-state index contributed by atoms with van der Waals surface area (Å²) in [5.74, 6) is 0.0329. The van der Waals surface area contributed by atoms with Crippen molar-refractivity contribution in [3.63, 3.8) is 0 Å². The first-order chi connectivity index (χ1) is 11.9. The molecule has 0 radical (unpaired) electrons. The molecule has 4 rings (SSSR count). The van der Waals surface area contributed by atoms with Gasteiger partial charge >= 0.3 is 6.18 Å². The molecule has 2 aromatic rings. The number of allylic oxidation sites excluding steroid dienone is 2. The molecule has 1 aliphatic heterocycles. The molecular weight excluding hydrogens is 370 g/mol. The third-order valence-corrected chi connectivity index (χ3v) is 5.83.